The number of para-hydroxylation sites is 2. The summed E-state index contributed by atoms with van der Waals surface area (Å²) in [5.41, 5.74) is 1.88. The molecule has 2 aromatic carbocycles. The molecule has 0 atom stereocenters. The Labute approximate surface area is 179 Å². The van der Waals surface area contributed by atoms with Crippen LogP contribution in [0.1, 0.15) is 11.3 Å². The lowest BCUT2D eigenvalue weighted by atomic mass is 10.2. The van der Waals surface area contributed by atoms with E-state index in [1.165, 1.54) is 28.5 Å². The number of nitriles is 1. The van der Waals surface area contributed by atoms with E-state index in [-0.39, 0.29) is 22.3 Å². The molecule has 0 unspecified atom stereocenters. The number of thioether (sulfide) groups is 1. The van der Waals surface area contributed by atoms with Crippen LogP contribution in [0.3, 0.4) is 0 Å². The van der Waals surface area contributed by atoms with E-state index in [4.69, 9.17) is 4.98 Å². The molecular formula is C22H14N6O2S. The van der Waals surface area contributed by atoms with Crippen molar-refractivity contribution in [3.63, 3.8) is 0 Å². The first-order chi connectivity index (χ1) is 15.2. The molecule has 9 heteroatoms. The Kier molecular flexibility index (Phi) is 4.61. The van der Waals surface area contributed by atoms with Crippen molar-refractivity contribution in [3.05, 3.63) is 98.8 Å². The van der Waals surface area contributed by atoms with Crippen LogP contribution in [0, 0.1) is 11.3 Å². The second kappa shape index (κ2) is 7.59. The summed E-state index contributed by atoms with van der Waals surface area (Å²) >= 11 is 1.31. The SMILES string of the molecule is N#Cc1c[nH]n2c(=O)cc(CSc3nc4ccccc4c(=O)n3-c3ccccc3)nc12. The van der Waals surface area contributed by atoms with Gasteiger partial charge < -0.3 is 0 Å². The van der Waals surface area contributed by atoms with Crippen LogP contribution >= 0.6 is 11.8 Å². The molecular weight excluding hydrogens is 412 g/mol. The summed E-state index contributed by atoms with van der Waals surface area (Å²) in [5, 5.41) is 13.0. The molecule has 0 spiro atoms. The van der Waals surface area contributed by atoms with Gasteiger partial charge in [-0.3, -0.25) is 19.3 Å². The lowest BCUT2D eigenvalue weighted by molar-refractivity contribution is 0.818. The summed E-state index contributed by atoms with van der Waals surface area (Å²) in [6.07, 6.45) is 1.44. The maximum Gasteiger partial charge on any atom is 0.272 e. The van der Waals surface area contributed by atoms with Crippen LogP contribution in [0.5, 0.6) is 0 Å². The molecule has 0 aliphatic heterocycles. The van der Waals surface area contributed by atoms with Gasteiger partial charge in [0.2, 0.25) is 0 Å². The second-order valence-corrected chi connectivity index (χ2v) is 7.66. The molecule has 3 heterocycles. The Balaban J connectivity index is 1.61. The molecule has 31 heavy (non-hydrogen) atoms. The second-order valence-electron chi connectivity index (χ2n) is 6.72. The number of benzene rings is 2. The number of H-pyrrole nitrogens is 1. The summed E-state index contributed by atoms with van der Waals surface area (Å²) in [6, 6.07) is 19.9. The lowest BCUT2D eigenvalue weighted by Gasteiger charge is -2.13. The number of aromatic amines is 1. The fraction of sp³-hybridized carbons (Fsp3) is 0.0455. The summed E-state index contributed by atoms with van der Waals surface area (Å²) in [5.74, 6) is 0.305. The van der Waals surface area contributed by atoms with Gasteiger partial charge in [0.1, 0.15) is 11.6 Å². The molecule has 5 aromatic rings. The van der Waals surface area contributed by atoms with Gasteiger partial charge in [0.15, 0.2) is 10.8 Å². The summed E-state index contributed by atoms with van der Waals surface area (Å²) in [4.78, 5) is 34.7. The van der Waals surface area contributed by atoms with Crippen molar-refractivity contribution in [2.45, 2.75) is 10.9 Å². The fourth-order valence-electron chi connectivity index (χ4n) is 3.34. The van der Waals surface area contributed by atoms with Gasteiger partial charge in [-0.05, 0) is 24.3 Å². The largest absolute Gasteiger partial charge is 0.295 e. The van der Waals surface area contributed by atoms with E-state index in [0.29, 0.717) is 33.2 Å². The summed E-state index contributed by atoms with van der Waals surface area (Å²) in [6.45, 7) is 0. The van der Waals surface area contributed by atoms with Crippen molar-refractivity contribution in [1.29, 1.82) is 5.26 Å². The van der Waals surface area contributed by atoms with E-state index in [2.05, 4.69) is 10.1 Å². The standard InChI is InChI=1S/C22H14N6O2S/c23-11-14-12-24-28-19(29)10-15(25-20(14)28)13-31-22-26-18-9-5-4-8-17(18)21(30)27(22)16-6-2-1-3-7-16/h1-10,12,24H,13H2. The van der Waals surface area contributed by atoms with Gasteiger partial charge in [0.05, 0.1) is 22.3 Å². The predicted molar refractivity (Wildman–Crippen MR) is 117 cm³/mol. The van der Waals surface area contributed by atoms with E-state index in [1.807, 2.05) is 48.5 Å². The van der Waals surface area contributed by atoms with Crippen LogP contribution in [-0.4, -0.2) is 24.1 Å². The first kappa shape index (κ1) is 18.8. The third-order valence-corrected chi connectivity index (χ3v) is 5.75. The van der Waals surface area contributed by atoms with Gasteiger partial charge in [0, 0.05) is 18.0 Å². The number of rotatable bonds is 4. The summed E-state index contributed by atoms with van der Waals surface area (Å²) < 4.78 is 2.79. The molecule has 0 fully saturated rings. The smallest absolute Gasteiger partial charge is 0.272 e. The van der Waals surface area contributed by atoms with Crippen molar-refractivity contribution >= 4 is 28.3 Å². The lowest BCUT2D eigenvalue weighted by Crippen LogP contribution is -2.21. The van der Waals surface area contributed by atoms with Gasteiger partial charge in [-0.15, -0.1) is 0 Å². The summed E-state index contributed by atoms with van der Waals surface area (Å²) in [7, 11) is 0. The quantitative estimate of drug-likeness (QED) is 0.350. The van der Waals surface area contributed by atoms with Crippen molar-refractivity contribution in [2.24, 2.45) is 0 Å². The van der Waals surface area contributed by atoms with Gasteiger partial charge in [-0.1, -0.05) is 42.1 Å². The van der Waals surface area contributed by atoms with E-state index < -0.39 is 0 Å². The van der Waals surface area contributed by atoms with Crippen LogP contribution in [0.25, 0.3) is 22.2 Å². The van der Waals surface area contributed by atoms with Crippen LogP contribution in [0.4, 0.5) is 0 Å². The predicted octanol–water partition coefficient (Wildman–Crippen LogP) is 2.89. The molecule has 0 aliphatic rings. The average molecular weight is 426 g/mol. The highest BCUT2D eigenvalue weighted by atomic mass is 32.2. The van der Waals surface area contributed by atoms with Crippen molar-refractivity contribution in [1.82, 2.24) is 24.1 Å². The fourth-order valence-corrected chi connectivity index (χ4v) is 4.24. The van der Waals surface area contributed by atoms with Crippen LogP contribution < -0.4 is 11.1 Å². The maximum atomic E-state index is 13.2. The minimum absolute atomic E-state index is 0.166. The normalized spacial score (nSPS) is 11.1. The Bertz CT molecular complexity index is 1590. The molecule has 0 saturated heterocycles. The zero-order chi connectivity index (χ0) is 21.4. The first-order valence-electron chi connectivity index (χ1n) is 9.36. The number of fused-ring (bicyclic) bond motifs is 2. The molecule has 1 N–H and O–H groups in total. The molecule has 0 bridgehead atoms. The zero-order valence-corrected chi connectivity index (χ0v) is 16.8. The molecule has 5 rings (SSSR count). The number of aromatic nitrogens is 5. The van der Waals surface area contributed by atoms with Crippen LogP contribution in [0.15, 0.2) is 81.6 Å². The molecule has 150 valence electrons. The minimum atomic E-state index is -0.311. The minimum Gasteiger partial charge on any atom is -0.295 e. The van der Waals surface area contributed by atoms with Gasteiger partial charge in [0.25, 0.3) is 11.1 Å². The third-order valence-electron chi connectivity index (χ3n) is 4.78. The third kappa shape index (κ3) is 3.29. The molecule has 0 amide bonds. The van der Waals surface area contributed by atoms with Crippen molar-refractivity contribution in [3.8, 4) is 11.8 Å². The highest BCUT2D eigenvalue weighted by molar-refractivity contribution is 7.98. The Morgan fingerprint density at radius 3 is 2.61 bits per heavy atom. The molecule has 8 nitrogen and oxygen atoms in total. The number of hydrogen-bond acceptors (Lipinski definition) is 6. The monoisotopic (exact) mass is 426 g/mol. The Morgan fingerprint density at radius 1 is 1.03 bits per heavy atom. The Hall–Kier alpha value is -4.16. The van der Waals surface area contributed by atoms with E-state index >= 15 is 0 Å². The number of nitrogens with zero attached hydrogens (tertiary/aromatic N) is 5. The van der Waals surface area contributed by atoms with Crippen molar-refractivity contribution < 1.29 is 0 Å². The first-order valence-corrected chi connectivity index (χ1v) is 10.3. The van der Waals surface area contributed by atoms with Crippen molar-refractivity contribution in [2.75, 3.05) is 0 Å². The number of hydrogen-bond donors (Lipinski definition) is 1. The van der Waals surface area contributed by atoms with E-state index in [9.17, 15) is 14.9 Å². The van der Waals surface area contributed by atoms with E-state index in [1.54, 1.807) is 16.7 Å². The average Bonchev–Trinajstić information content (AvgIpc) is 3.22. The van der Waals surface area contributed by atoms with Crippen LogP contribution in [0.2, 0.25) is 0 Å². The highest BCUT2D eigenvalue weighted by Crippen LogP contribution is 2.24. The van der Waals surface area contributed by atoms with Gasteiger partial charge in [-0.25, -0.2) is 14.5 Å². The topological polar surface area (TPSA) is 109 Å². The maximum absolute atomic E-state index is 13.2. The zero-order valence-electron chi connectivity index (χ0n) is 16.0. The molecule has 0 aliphatic carbocycles. The molecule has 3 aromatic heterocycles. The van der Waals surface area contributed by atoms with E-state index in [0.717, 1.165) is 0 Å². The number of nitrogens with one attached hydrogen (secondary N) is 1. The van der Waals surface area contributed by atoms with Gasteiger partial charge in [-0.2, -0.15) is 5.26 Å². The van der Waals surface area contributed by atoms with Gasteiger partial charge >= 0.3 is 0 Å². The molecule has 0 saturated carbocycles. The molecule has 0 radical (unpaired) electrons. The highest BCUT2D eigenvalue weighted by Gasteiger charge is 2.15. The van der Waals surface area contributed by atoms with Crippen LogP contribution in [-0.2, 0) is 5.75 Å². The Morgan fingerprint density at radius 2 is 1.81 bits per heavy atom.